The maximum Gasteiger partial charge on any atom is 0.103 e. The van der Waals surface area contributed by atoms with E-state index in [1.54, 1.807) is 0 Å². The molecule has 0 unspecified atom stereocenters. The lowest BCUT2D eigenvalue weighted by atomic mass is 10.0. The van der Waals surface area contributed by atoms with E-state index in [0.29, 0.717) is 5.92 Å². The van der Waals surface area contributed by atoms with Gasteiger partial charge in [0.05, 0.1) is 11.9 Å². The van der Waals surface area contributed by atoms with Crippen molar-refractivity contribution in [2.75, 3.05) is 0 Å². The van der Waals surface area contributed by atoms with Crippen LogP contribution < -0.4 is 0 Å². The number of nitrogens with zero attached hydrogens (tertiary/aromatic N) is 1. The molecule has 0 aliphatic carbocycles. The number of aromatic nitrogens is 2. The number of benzene rings is 1. The van der Waals surface area contributed by atoms with Gasteiger partial charge in [0, 0.05) is 0 Å². The van der Waals surface area contributed by atoms with Crippen LogP contribution >= 0.6 is 0 Å². The van der Waals surface area contributed by atoms with Gasteiger partial charge in [0.1, 0.15) is 5.82 Å². The molecule has 1 aromatic heterocycles. The van der Waals surface area contributed by atoms with Crippen molar-refractivity contribution in [2.45, 2.75) is 27.2 Å². The molecule has 2 aromatic rings. The molecular weight excluding hydrogens is 196 g/mol. The summed E-state index contributed by atoms with van der Waals surface area (Å²) in [6.07, 6.45) is 3.02. The minimum absolute atomic E-state index is 0.709. The van der Waals surface area contributed by atoms with Gasteiger partial charge in [-0.3, -0.25) is 0 Å². The average molecular weight is 214 g/mol. The van der Waals surface area contributed by atoms with Crippen molar-refractivity contribution in [2.24, 2.45) is 5.92 Å². The van der Waals surface area contributed by atoms with Crippen LogP contribution in [0.2, 0.25) is 0 Å². The van der Waals surface area contributed by atoms with E-state index < -0.39 is 0 Å². The van der Waals surface area contributed by atoms with Crippen LogP contribution in [-0.2, 0) is 6.42 Å². The minimum Gasteiger partial charge on any atom is -0.342 e. The van der Waals surface area contributed by atoms with Crippen LogP contribution in [0.3, 0.4) is 0 Å². The number of hydrogen-bond acceptors (Lipinski definition) is 1. The topological polar surface area (TPSA) is 28.7 Å². The Morgan fingerprint density at radius 1 is 1.19 bits per heavy atom. The fourth-order valence-electron chi connectivity index (χ4n) is 1.86. The van der Waals surface area contributed by atoms with Crippen molar-refractivity contribution in [3.8, 4) is 11.3 Å². The summed E-state index contributed by atoms with van der Waals surface area (Å²) in [4.78, 5) is 7.45. The van der Waals surface area contributed by atoms with Gasteiger partial charge in [-0.2, -0.15) is 0 Å². The monoisotopic (exact) mass is 214 g/mol. The van der Waals surface area contributed by atoms with Crippen molar-refractivity contribution < 1.29 is 0 Å². The maximum absolute atomic E-state index is 4.21. The molecule has 16 heavy (non-hydrogen) atoms. The van der Waals surface area contributed by atoms with Crippen LogP contribution in [0.4, 0.5) is 0 Å². The minimum atomic E-state index is 0.709. The van der Waals surface area contributed by atoms with Gasteiger partial charge in [0.15, 0.2) is 0 Å². The van der Waals surface area contributed by atoms with Crippen molar-refractivity contribution >= 4 is 0 Å². The van der Waals surface area contributed by atoms with E-state index in [-0.39, 0.29) is 0 Å². The van der Waals surface area contributed by atoms with Gasteiger partial charge >= 0.3 is 0 Å². The zero-order chi connectivity index (χ0) is 11.5. The SMILES string of the molecule is Cc1ncc(-c2ccc(CC(C)C)cc2)[nH]1. The highest BCUT2D eigenvalue weighted by Crippen LogP contribution is 2.18. The third-order valence-electron chi connectivity index (χ3n) is 2.61. The number of nitrogens with one attached hydrogen (secondary N) is 1. The lowest BCUT2D eigenvalue weighted by Crippen LogP contribution is -1.93. The molecule has 1 N–H and O–H groups in total. The molecular formula is C14H18N2. The Balaban J connectivity index is 2.19. The molecule has 0 saturated carbocycles. The molecule has 2 nitrogen and oxygen atoms in total. The highest BCUT2D eigenvalue weighted by molar-refractivity contribution is 5.58. The number of rotatable bonds is 3. The van der Waals surface area contributed by atoms with Gasteiger partial charge in [0.2, 0.25) is 0 Å². The molecule has 1 heterocycles. The van der Waals surface area contributed by atoms with Gasteiger partial charge < -0.3 is 4.98 Å². The fourth-order valence-corrected chi connectivity index (χ4v) is 1.86. The standard InChI is InChI=1S/C14H18N2/c1-10(2)8-12-4-6-13(7-5-12)14-9-15-11(3)16-14/h4-7,9-10H,8H2,1-3H3,(H,15,16). The summed E-state index contributed by atoms with van der Waals surface area (Å²) >= 11 is 0. The number of H-pyrrole nitrogens is 1. The summed E-state index contributed by atoms with van der Waals surface area (Å²) in [5.41, 5.74) is 3.69. The van der Waals surface area contributed by atoms with E-state index >= 15 is 0 Å². The van der Waals surface area contributed by atoms with Gasteiger partial charge in [-0.05, 0) is 30.4 Å². The molecule has 0 fully saturated rings. The van der Waals surface area contributed by atoms with Crippen LogP contribution in [0.25, 0.3) is 11.3 Å². The zero-order valence-electron chi connectivity index (χ0n) is 10.1. The molecule has 0 aliphatic rings. The second kappa shape index (κ2) is 4.52. The molecule has 0 saturated heterocycles. The maximum atomic E-state index is 4.21. The van der Waals surface area contributed by atoms with Crippen molar-refractivity contribution in [3.63, 3.8) is 0 Å². The van der Waals surface area contributed by atoms with Gasteiger partial charge in [-0.15, -0.1) is 0 Å². The van der Waals surface area contributed by atoms with E-state index in [1.807, 2.05) is 13.1 Å². The molecule has 0 atom stereocenters. The van der Waals surface area contributed by atoms with E-state index in [2.05, 4.69) is 48.1 Å². The number of aromatic amines is 1. The molecule has 0 spiro atoms. The molecule has 0 aliphatic heterocycles. The summed E-state index contributed by atoms with van der Waals surface area (Å²) in [5, 5.41) is 0. The van der Waals surface area contributed by atoms with Crippen LogP contribution in [-0.4, -0.2) is 9.97 Å². The first-order valence-electron chi connectivity index (χ1n) is 5.76. The number of aryl methyl sites for hydroxylation is 1. The average Bonchev–Trinajstić information content (AvgIpc) is 2.65. The predicted molar refractivity (Wildman–Crippen MR) is 67.3 cm³/mol. The Morgan fingerprint density at radius 2 is 1.88 bits per heavy atom. The Kier molecular flexibility index (Phi) is 3.09. The summed E-state index contributed by atoms with van der Waals surface area (Å²) in [5.74, 6) is 1.67. The summed E-state index contributed by atoms with van der Waals surface area (Å²) in [6, 6.07) is 8.71. The van der Waals surface area contributed by atoms with E-state index in [1.165, 1.54) is 11.1 Å². The Morgan fingerprint density at radius 3 is 2.38 bits per heavy atom. The summed E-state index contributed by atoms with van der Waals surface area (Å²) in [7, 11) is 0. The van der Waals surface area contributed by atoms with Gasteiger partial charge in [0.25, 0.3) is 0 Å². The third-order valence-corrected chi connectivity index (χ3v) is 2.61. The van der Waals surface area contributed by atoms with Crippen LogP contribution in [0.5, 0.6) is 0 Å². The molecule has 2 heteroatoms. The summed E-state index contributed by atoms with van der Waals surface area (Å²) in [6.45, 7) is 6.45. The normalized spacial score (nSPS) is 11.0. The molecule has 0 amide bonds. The molecule has 1 aromatic carbocycles. The molecule has 0 bridgehead atoms. The Labute approximate surface area is 96.7 Å². The van der Waals surface area contributed by atoms with Gasteiger partial charge in [-0.25, -0.2) is 4.98 Å². The number of imidazole rings is 1. The van der Waals surface area contributed by atoms with Gasteiger partial charge in [-0.1, -0.05) is 38.1 Å². The first-order valence-corrected chi connectivity index (χ1v) is 5.76. The summed E-state index contributed by atoms with van der Waals surface area (Å²) < 4.78 is 0. The predicted octanol–water partition coefficient (Wildman–Crippen LogP) is 3.58. The molecule has 2 rings (SSSR count). The Hall–Kier alpha value is -1.57. The van der Waals surface area contributed by atoms with E-state index in [9.17, 15) is 0 Å². The third kappa shape index (κ3) is 2.51. The highest BCUT2D eigenvalue weighted by Gasteiger charge is 2.02. The Bertz CT molecular complexity index is 452. The van der Waals surface area contributed by atoms with Crippen molar-refractivity contribution in [1.29, 1.82) is 0 Å². The lowest BCUT2D eigenvalue weighted by molar-refractivity contribution is 0.647. The second-order valence-corrected chi connectivity index (χ2v) is 4.68. The lowest BCUT2D eigenvalue weighted by Gasteiger charge is -2.05. The van der Waals surface area contributed by atoms with Crippen molar-refractivity contribution in [3.05, 3.63) is 41.9 Å². The molecule has 0 radical (unpaired) electrons. The zero-order valence-corrected chi connectivity index (χ0v) is 10.1. The first kappa shape index (κ1) is 10.9. The van der Waals surface area contributed by atoms with Crippen LogP contribution in [0, 0.1) is 12.8 Å². The smallest absolute Gasteiger partial charge is 0.103 e. The fraction of sp³-hybridized carbons (Fsp3) is 0.357. The molecule has 84 valence electrons. The second-order valence-electron chi connectivity index (χ2n) is 4.68. The van der Waals surface area contributed by atoms with Crippen molar-refractivity contribution in [1.82, 2.24) is 9.97 Å². The van der Waals surface area contributed by atoms with Crippen LogP contribution in [0.1, 0.15) is 25.2 Å². The van der Waals surface area contributed by atoms with E-state index in [4.69, 9.17) is 0 Å². The largest absolute Gasteiger partial charge is 0.342 e. The van der Waals surface area contributed by atoms with Crippen LogP contribution in [0.15, 0.2) is 30.5 Å². The number of hydrogen-bond donors (Lipinski definition) is 1. The first-order chi connectivity index (χ1) is 7.65. The quantitative estimate of drug-likeness (QED) is 0.831. The van der Waals surface area contributed by atoms with E-state index in [0.717, 1.165) is 17.9 Å². The highest BCUT2D eigenvalue weighted by atomic mass is 14.9.